The zero-order valence-electron chi connectivity index (χ0n) is 40.3. The lowest BCUT2D eigenvalue weighted by molar-refractivity contribution is -0.151. The summed E-state index contributed by atoms with van der Waals surface area (Å²) >= 11 is 0. The van der Waals surface area contributed by atoms with Crippen molar-refractivity contribution in [3.05, 3.63) is 60.8 Å². The fraction of sp³-hybridized carbons (Fsp3) is 0.782. The first-order chi connectivity index (χ1) is 30.0. The summed E-state index contributed by atoms with van der Waals surface area (Å²) < 4.78 is 5.90. The molecular weight excluding hydrogens is 755 g/mol. The second-order valence-electron chi connectivity index (χ2n) is 17.6. The van der Waals surface area contributed by atoms with Crippen LogP contribution in [0.4, 0.5) is 0 Å². The quantitative estimate of drug-likeness (QED) is 0.0245. The standard InChI is InChI=1S/C55H99NO5/c1-4-7-10-13-16-19-22-24-26-28-30-33-36-39-42-45-48-55(60)61-51(46-43-40-37-34-32-29-27-25-23-20-17-14-11-8-5-2)49-54(59)56-52(50-57)53(58)47-44-41-38-35-31-21-18-15-12-9-6-3/h17,20,25-28,30,32-34,51-53,57-58H,4-16,18-19,21-24,29,31,35-50H2,1-3H3,(H,56,59)/b20-17-,27-25-,28-26+,33-30+,34-32-. The van der Waals surface area contributed by atoms with Crippen molar-refractivity contribution in [1.29, 1.82) is 0 Å². The molecule has 3 N–H and O–H groups in total. The molecule has 0 bridgehead atoms. The Kier molecular flexibility index (Phi) is 46.6. The maximum absolute atomic E-state index is 13.2. The van der Waals surface area contributed by atoms with Gasteiger partial charge in [-0.3, -0.25) is 9.59 Å². The van der Waals surface area contributed by atoms with E-state index in [1.165, 1.54) is 122 Å². The first kappa shape index (κ1) is 58.6. The second kappa shape index (κ2) is 48.6. The first-order valence-electron chi connectivity index (χ1n) is 26.0. The molecule has 1 amide bonds. The van der Waals surface area contributed by atoms with E-state index >= 15 is 0 Å². The molecule has 0 aliphatic carbocycles. The largest absolute Gasteiger partial charge is 0.462 e. The predicted molar refractivity (Wildman–Crippen MR) is 264 cm³/mol. The zero-order valence-corrected chi connectivity index (χ0v) is 40.3. The lowest BCUT2D eigenvalue weighted by atomic mass is 10.0. The van der Waals surface area contributed by atoms with Crippen molar-refractivity contribution in [2.75, 3.05) is 6.61 Å². The van der Waals surface area contributed by atoms with Crippen LogP contribution in [0.2, 0.25) is 0 Å². The van der Waals surface area contributed by atoms with Gasteiger partial charge in [-0.2, -0.15) is 0 Å². The lowest BCUT2D eigenvalue weighted by Crippen LogP contribution is -2.46. The zero-order chi connectivity index (χ0) is 44.5. The van der Waals surface area contributed by atoms with Crippen LogP contribution in [-0.2, 0) is 14.3 Å². The third-order valence-electron chi connectivity index (χ3n) is 11.6. The van der Waals surface area contributed by atoms with Crippen molar-refractivity contribution in [3.63, 3.8) is 0 Å². The Labute approximate surface area is 378 Å². The summed E-state index contributed by atoms with van der Waals surface area (Å²) in [5.41, 5.74) is 0. The molecule has 0 fully saturated rings. The molecular formula is C55H99NO5. The minimum Gasteiger partial charge on any atom is -0.462 e. The van der Waals surface area contributed by atoms with Gasteiger partial charge in [-0.15, -0.1) is 0 Å². The number of carbonyl (C=O) groups is 2. The summed E-state index contributed by atoms with van der Waals surface area (Å²) in [5.74, 6) is -0.542. The van der Waals surface area contributed by atoms with Gasteiger partial charge in [0.25, 0.3) is 0 Å². The van der Waals surface area contributed by atoms with E-state index in [1.807, 2.05) is 0 Å². The SMILES string of the molecule is CCCCC/C=C\C/C=C\C/C=C\CCCCC(CC(=O)NC(CO)C(O)CCCCCCCCCCCCC)OC(=O)CCCCC/C=C/C=C/CCCCCCCCC. The van der Waals surface area contributed by atoms with Crippen molar-refractivity contribution in [2.45, 2.75) is 270 Å². The number of nitrogens with one attached hydrogen (secondary N) is 1. The average Bonchev–Trinajstić information content (AvgIpc) is 3.25. The van der Waals surface area contributed by atoms with E-state index in [9.17, 15) is 19.8 Å². The number of ether oxygens (including phenoxy) is 1. The molecule has 0 saturated carbocycles. The molecule has 0 aromatic heterocycles. The Morgan fingerprint density at radius 2 is 0.885 bits per heavy atom. The number of allylic oxidation sites excluding steroid dienone is 10. The third kappa shape index (κ3) is 44.0. The molecule has 0 spiro atoms. The molecule has 0 heterocycles. The molecule has 0 radical (unpaired) electrons. The summed E-state index contributed by atoms with van der Waals surface area (Å²) in [6.07, 6.45) is 59.9. The Morgan fingerprint density at radius 3 is 1.41 bits per heavy atom. The molecule has 3 atom stereocenters. The van der Waals surface area contributed by atoms with Gasteiger partial charge >= 0.3 is 5.97 Å². The second-order valence-corrected chi connectivity index (χ2v) is 17.6. The monoisotopic (exact) mass is 854 g/mol. The highest BCUT2D eigenvalue weighted by Gasteiger charge is 2.24. The number of hydrogen-bond acceptors (Lipinski definition) is 5. The minimum atomic E-state index is -0.803. The van der Waals surface area contributed by atoms with Crippen LogP contribution in [0.25, 0.3) is 0 Å². The van der Waals surface area contributed by atoms with Gasteiger partial charge in [0.05, 0.1) is 25.2 Å². The summed E-state index contributed by atoms with van der Waals surface area (Å²) in [6.45, 7) is 6.43. The molecule has 0 saturated heterocycles. The molecule has 354 valence electrons. The van der Waals surface area contributed by atoms with Crippen LogP contribution in [0, 0.1) is 0 Å². The van der Waals surface area contributed by atoms with Crippen LogP contribution in [0.1, 0.15) is 252 Å². The Morgan fingerprint density at radius 1 is 0.492 bits per heavy atom. The molecule has 0 aliphatic rings. The van der Waals surface area contributed by atoms with Gasteiger partial charge in [-0.05, 0) is 89.9 Å². The number of rotatable bonds is 46. The Balaban J connectivity index is 4.70. The Bertz CT molecular complexity index is 1090. The number of unbranched alkanes of at least 4 members (excludes halogenated alkanes) is 25. The van der Waals surface area contributed by atoms with E-state index in [2.05, 4.69) is 86.8 Å². The fourth-order valence-electron chi connectivity index (χ4n) is 7.60. The molecule has 61 heavy (non-hydrogen) atoms. The summed E-state index contributed by atoms with van der Waals surface area (Å²) in [7, 11) is 0. The van der Waals surface area contributed by atoms with Gasteiger partial charge in [0.15, 0.2) is 0 Å². The van der Waals surface area contributed by atoms with Crippen molar-refractivity contribution in [2.24, 2.45) is 0 Å². The molecule has 0 aliphatic heterocycles. The van der Waals surface area contributed by atoms with E-state index in [0.29, 0.717) is 19.3 Å². The maximum atomic E-state index is 13.2. The molecule has 0 aromatic carbocycles. The fourth-order valence-corrected chi connectivity index (χ4v) is 7.60. The number of carbonyl (C=O) groups excluding carboxylic acids is 2. The highest BCUT2D eigenvalue weighted by molar-refractivity contribution is 5.77. The van der Waals surface area contributed by atoms with E-state index in [1.54, 1.807) is 0 Å². The van der Waals surface area contributed by atoms with Crippen molar-refractivity contribution >= 4 is 11.9 Å². The predicted octanol–water partition coefficient (Wildman–Crippen LogP) is 15.6. The molecule has 6 nitrogen and oxygen atoms in total. The van der Waals surface area contributed by atoms with Crippen LogP contribution in [0.5, 0.6) is 0 Å². The van der Waals surface area contributed by atoms with Gasteiger partial charge in [0.2, 0.25) is 5.91 Å². The highest BCUT2D eigenvalue weighted by atomic mass is 16.5. The molecule has 3 unspecified atom stereocenters. The van der Waals surface area contributed by atoms with E-state index < -0.39 is 18.2 Å². The van der Waals surface area contributed by atoms with Crippen LogP contribution in [0.3, 0.4) is 0 Å². The van der Waals surface area contributed by atoms with Gasteiger partial charge in [0.1, 0.15) is 6.10 Å². The highest BCUT2D eigenvalue weighted by Crippen LogP contribution is 2.17. The smallest absolute Gasteiger partial charge is 0.306 e. The summed E-state index contributed by atoms with van der Waals surface area (Å²) in [4.78, 5) is 26.1. The molecule has 6 heteroatoms. The Hall–Kier alpha value is -2.44. The lowest BCUT2D eigenvalue weighted by Gasteiger charge is -2.24. The number of esters is 1. The summed E-state index contributed by atoms with van der Waals surface area (Å²) in [6, 6.07) is -0.720. The van der Waals surface area contributed by atoms with Gasteiger partial charge in [-0.1, -0.05) is 210 Å². The summed E-state index contributed by atoms with van der Waals surface area (Å²) in [5, 5.41) is 23.7. The third-order valence-corrected chi connectivity index (χ3v) is 11.6. The normalized spacial score (nSPS) is 13.7. The van der Waals surface area contributed by atoms with Crippen LogP contribution in [-0.4, -0.2) is 46.9 Å². The van der Waals surface area contributed by atoms with E-state index in [-0.39, 0.29) is 24.9 Å². The topological polar surface area (TPSA) is 95.9 Å². The van der Waals surface area contributed by atoms with E-state index in [0.717, 1.165) is 83.5 Å². The average molecular weight is 854 g/mol. The maximum Gasteiger partial charge on any atom is 0.306 e. The number of amides is 1. The van der Waals surface area contributed by atoms with Crippen LogP contribution >= 0.6 is 0 Å². The molecule has 0 rings (SSSR count). The van der Waals surface area contributed by atoms with Crippen molar-refractivity contribution in [1.82, 2.24) is 5.32 Å². The van der Waals surface area contributed by atoms with Crippen LogP contribution < -0.4 is 5.32 Å². The number of aliphatic hydroxyl groups is 2. The van der Waals surface area contributed by atoms with Gasteiger partial charge in [0, 0.05) is 6.42 Å². The first-order valence-corrected chi connectivity index (χ1v) is 26.0. The number of aliphatic hydroxyl groups excluding tert-OH is 2. The van der Waals surface area contributed by atoms with Crippen molar-refractivity contribution in [3.8, 4) is 0 Å². The van der Waals surface area contributed by atoms with Gasteiger partial charge < -0.3 is 20.3 Å². The minimum absolute atomic E-state index is 0.0400. The van der Waals surface area contributed by atoms with E-state index in [4.69, 9.17) is 4.74 Å². The van der Waals surface area contributed by atoms with Crippen molar-refractivity contribution < 1.29 is 24.5 Å². The molecule has 0 aromatic rings. The van der Waals surface area contributed by atoms with Gasteiger partial charge in [-0.25, -0.2) is 0 Å². The number of hydrogen-bond donors (Lipinski definition) is 3. The van der Waals surface area contributed by atoms with Crippen LogP contribution in [0.15, 0.2) is 60.8 Å².